The van der Waals surface area contributed by atoms with Crippen molar-refractivity contribution in [2.75, 3.05) is 12.4 Å². The van der Waals surface area contributed by atoms with Gasteiger partial charge in [-0.15, -0.1) is 11.6 Å². The average Bonchev–Trinajstić information content (AvgIpc) is 2.18. The lowest BCUT2D eigenvalue weighted by atomic mass is 10.0. The third-order valence-electron chi connectivity index (χ3n) is 1.94. The Hall–Kier alpha value is -0.570. The van der Waals surface area contributed by atoms with Crippen LogP contribution in [0, 0.1) is 0 Å². The van der Waals surface area contributed by atoms with Gasteiger partial charge < -0.3 is 10.8 Å². The number of aliphatic hydroxyl groups is 1. The van der Waals surface area contributed by atoms with Crippen LogP contribution in [0.15, 0.2) is 24.3 Å². The van der Waals surface area contributed by atoms with Crippen molar-refractivity contribution in [2.24, 2.45) is 5.73 Å². The zero-order chi connectivity index (χ0) is 9.68. The van der Waals surface area contributed by atoms with Crippen molar-refractivity contribution in [3.63, 3.8) is 0 Å². The molecular formula is C10H14ClNO. The van der Waals surface area contributed by atoms with Crippen LogP contribution in [0.2, 0.25) is 0 Å². The molecule has 1 aromatic rings. The highest BCUT2D eigenvalue weighted by molar-refractivity contribution is 6.17. The lowest BCUT2D eigenvalue weighted by molar-refractivity contribution is 0.186. The highest BCUT2D eigenvalue weighted by Gasteiger charge is 2.04. The maximum atomic E-state index is 9.46. The molecule has 0 saturated carbocycles. The van der Waals surface area contributed by atoms with E-state index < -0.39 is 6.10 Å². The van der Waals surface area contributed by atoms with Crippen LogP contribution < -0.4 is 5.73 Å². The molecule has 0 aromatic heterocycles. The standard InChI is InChI=1S/C10H14ClNO/c11-5-4-8-2-1-3-9(6-8)10(13)7-12/h1-3,6,10,13H,4-5,7,12H2/t10-/m0/s1. The summed E-state index contributed by atoms with van der Waals surface area (Å²) in [5.41, 5.74) is 7.36. The van der Waals surface area contributed by atoms with Gasteiger partial charge in [0.1, 0.15) is 0 Å². The second kappa shape index (κ2) is 5.22. The minimum Gasteiger partial charge on any atom is -0.387 e. The molecule has 0 fully saturated rings. The zero-order valence-electron chi connectivity index (χ0n) is 7.41. The summed E-state index contributed by atoms with van der Waals surface area (Å²) < 4.78 is 0. The van der Waals surface area contributed by atoms with Gasteiger partial charge in [-0.1, -0.05) is 24.3 Å². The molecule has 0 amide bonds. The molecular weight excluding hydrogens is 186 g/mol. The Morgan fingerprint density at radius 1 is 1.46 bits per heavy atom. The second-order valence-electron chi connectivity index (χ2n) is 2.94. The first-order chi connectivity index (χ1) is 6.27. The van der Waals surface area contributed by atoms with Crippen LogP contribution in [0.1, 0.15) is 17.2 Å². The number of aryl methyl sites for hydroxylation is 1. The number of aliphatic hydroxyl groups excluding tert-OH is 1. The van der Waals surface area contributed by atoms with E-state index in [-0.39, 0.29) is 6.54 Å². The van der Waals surface area contributed by atoms with Gasteiger partial charge in [0.15, 0.2) is 0 Å². The summed E-state index contributed by atoms with van der Waals surface area (Å²) in [6.45, 7) is 0.254. The molecule has 1 aromatic carbocycles. The third kappa shape index (κ3) is 2.99. The van der Waals surface area contributed by atoms with Crippen LogP contribution in [0.4, 0.5) is 0 Å². The monoisotopic (exact) mass is 199 g/mol. The molecule has 0 spiro atoms. The molecule has 72 valence electrons. The van der Waals surface area contributed by atoms with Crippen molar-refractivity contribution in [3.8, 4) is 0 Å². The predicted octanol–water partition coefficient (Wildman–Crippen LogP) is 1.46. The van der Waals surface area contributed by atoms with E-state index in [2.05, 4.69) is 0 Å². The van der Waals surface area contributed by atoms with E-state index in [0.717, 1.165) is 17.5 Å². The first kappa shape index (κ1) is 10.5. The van der Waals surface area contributed by atoms with Crippen molar-refractivity contribution in [3.05, 3.63) is 35.4 Å². The summed E-state index contributed by atoms with van der Waals surface area (Å²) in [6.07, 6.45) is 0.266. The van der Waals surface area contributed by atoms with Gasteiger partial charge in [-0.25, -0.2) is 0 Å². The predicted molar refractivity (Wildman–Crippen MR) is 54.9 cm³/mol. The molecule has 0 saturated heterocycles. The zero-order valence-corrected chi connectivity index (χ0v) is 8.17. The van der Waals surface area contributed by atoms with Crippen LogP contribution in [-0.4, -0.2) is 17.5 Å². The van der Waals surface area contributed by atoms with Crippen LogP contribution in [0.3, 0.4) is 0 Å². The Bertz CT molecular complexity index is 265. The molecule has 0 bridgehead atoms. The molecule has 1 rings (SSSR count). The number of rotatable bonds is 4. The summed E-state index contributed by atoms with van der Waals surface area (Å²) in [4.78, 5) is 0. The number of halogens is 1. The van der Waals surface area contributed by atoms with Crippen LogP contribution in [0.5, 0.6) is 0 Å². The van der Waals surface area contributed by atoms with E-state index in [9.17, 15) is 5.11 Å². The van der Waals surface area contributed by atoms with E-state index in [4.69, 9.17) is 17.3 Å². The van der Waals surface area contributed by atoms with Crippen LogP contribution in [0.25, 0.3) is 0 Å². The van der Waals surface area contributed by atoms with Crippen molar-refractivity contribution in [1.82, 2.24) is 0 Å². The third-order valence-corrected chi connectivity index (χ3v) is 2.13. The summed E-state index contributed by atoms with van der Waals surface area (Å²) in [7, 11) is 0. The molecule has 3 heteroatoms. The van der Waals surface area contributed by atoms with Gasteiger partial charge in [-0.3, -0.25) is 0 Å². The fourth-order valence-electron chi connectivity index (χ4n) is 1.20. The highest BCUT2D eigenvalue weighted by atomic mass is 35.5. The van der Waals surface area contributed by atoms with Crippen molar-refractivity contribution in [1.29, 1.82) is 0 Å². The number of alkyl halides is 1. The maximum absolute atomic E-state index is 9.46. The Kier molecular flexibility index (Phi) is 4.22. The average molecular weight is 200 g/mol. The minimum atomic E-state index is -0.560. The van der Waals surface area contributed by atoms with Crippen LogP contribution in [-0.2, 0) is 6.42 Å². The van der Waals surface area contributed by atoms with Gasteiger partial charge >= 0.3 is 0 Å². The second-order valence-corrected chi connectivity index (χ2v) is 3.31. The number of benzene rings is 1. The molecule has 0 heterocycles. The van der Waals surface area contributed by atoms with Crippen molar-refractivity contribution < 1.29 is 5.11 Å². The first-order valence-corrected chi connectivity index (χ1v) is 4.84. The number of hydrogen-bond acceptors (Lipinski definition) is 2. The lowest BCUT2D eigenvalue weighted by Crippen LogP contribution is -2.11. The summed E-state index contributed by atoms with van der Waals surface area (Å²) in [5.74, 6) is 0.599. The molecule has 1 atom stereocenters. The van der Waals surface area contributed by atoms with Gasteiger partial charge in [0.2, 0.25) is 0 Å². The van der Waals surface area contributed by atoms with E-state index in [0.29, 0.717) is 5.88 Å². The lowest BCUT2D eigenvalue weighted by Gasteiger charge is -2.09. The van der Waals surface area contributed by atoms with Gasteiger partial charge in [0, 0.05) is 12.4 Å². The SMILES string of the molecule is NC[C@H](O)c1cccc(CCCl)c1. The summed E-state index contributed by atoms with van der Waals surface area (Å²) in [5, 5.41) is 9.46. The molecule has 3 N–H and O–H groups in total. The van der Waals surface area contributed by atoms with E-state index in [1.165, 1.54) is 0 Å². The van der Waals surface area contributed by atoms with E-state index in [1.807, 2.05) is 24.3 Å². The number of nitrogens with two attached hydrogens (primary N) is 1. The molecule has 2 nitrogen and oxygen atoms in total. The van der Waals surface area contributed by atoms with Crippen molar-refractivity contribution in [2.45, 2.75) is 12.5 Å². The maximum Gasteiger partial charge on any atom is 0.0912 e. The largest absolute Gasteiger partial charge is 0.387 e. The highest BCUT2D eigenvalue weighted by Crippen LogP contribution is 2.13. The molecule has 0 radical (unpaired) electrons. The Morgan fingerprint density at radius 3 is 2.85 bits per heavy atom. The molecule has 0 unspecified atom stereocenters. The van der Waals surface area contributed by atoms with E-state index >= 15 is 0 Å². The topological polar surface area (TPSA) is 46.2 Å². The molecule has 0 aliphatic carbocycles. The molecule has 0 aliphatic heterocycles. The summed E-state index contributed by atoms with van der Waals surface area (Å²) >= 11 is 5.61. The van der Waals surface area contributed by atoms with Crippen LogP contribution >= 0.6 is 11.6 Å². The first-order valence-electron chi connectivity index (χ1n) is 4.31. The molecule has 13 heavy (non-hydrogen) atoms. The van der Waals surface area contributed by atoms with Gasteiger partial charge in [-0.05, 0) is 17.5 Å². The van der Waals surface area contributed by atoms with Gasteiger partial charge in [0.25, 0.3) is 0 Å². The fourth-order valence-corrected chi connectivity index (χ4v) is 1.42. The smallest absolute Gasteiger partial charge is 0.0912 e. The Morgan fingerprint density at radius 2 is 2.23 bits per heavy atom. The van der Waals surface area contributed by atoms with Gasteiger partial charge in [0.05, 0.1) is 6.10 Å². The molecule has 0 aliphatic rings. The van der Waals surface area contributed by atoms with Crippen molar-refractivity contribution >= 4 is 11.6 Å². The minimum absolute atomic E-state index is 0.254. The fraction of sp³-hybridized carbons (Fsp3) is 0.400. The van der Waals surface area contributed by atoms with Gasteiger partial charge in [-0.2, -0.15) is 0 Å². The summed E-state index contributed by atoms with van der Waals surface area (Å²) in [6, 6.07) is 7.72. The van der Waals surface area contributed by atoms with E-state index in [1.54, 1.807) is 0 Å². The normalized spacial score (nSPS) is 12.8. The number of hydrogen-bond donors (Lipinski definition) is 2. The quantitative estimate of drug-likeness (QED) is 0.722. The Labute approximate surface area is 83.3 Å². The Balaban J connectivity index is 2.78.